The van der Waals surface area contributed by atoms with Crippen LogP contribution in [0.25, 0.3) is 10.2 Å². The van der Waals surface area contributed by atoms with Gasteiger partial charge in [-0.1, -0.05) is 42.1 Å². The molecule has 1 aromatic heterocycles. The summed E-state index contributed by atoms with van der Waals surface area (Å²) in [5.74, 6) is 0.470. The van der Waals surface area contributed by atoms with Crippen molar-refractivity contribution >= 4 is 33.3 Å². The van der Waals surface area contributed by atoms with Crippen molar-refractivity contribution in [2.75, 3.05) is 0 Å². The second kappa shape index (κ2) is 5.08. The molecule has 0 amide bonds. The molecule has 0 fully saturated rings. The molecular weight excluding hydrogens is 265 g/mol. The van der Waals surface area contributed by atoms with E-state index in [9.17, 15) is 4.39 Å². The number of nitrogens with zero attached hydrogens (tertiary/aromatic N) is 1. The van der Waals surface area contributed by atoms with E-state index in [1.807, 2.05) is 30.3 Å². The van der Waals surface area contributed by atoms with E-state index >= 15 is 0 Å². The third-order valence-electron chi connectivity index (χ3n) is 2.58. The molecule has 1 heterocycles. The zero-order valence-electron chi connectivity index (χ0n) is 9.47. The van der Waals surface area contributed by atoms with E-state index in [-0.39, 0.29) is 5.82 Å². The van der Waals surface area contributed by atoms with Crippen LogP contribution in [0.15, 0.2) is 52.9 Å². The van der Waals surface area contributed by atoms with Crippen molar-refractivity contribution in [3.05, 3.63) is 59.9 Å². The first-order valence-corrected chi connectivity index (χ1v) is 7.35. The molecule has 0 aliphatic carbocycles. The smallest absolute Gasteiger partial charge is 0.151 e. The fraction of sp³-hybridized carbons (Fsp3) is 0.0714. The van der Waals surface area contributed by atoms with E-state index < -0.39 is 0 Å². The number of rotatable bonds is 3. The fourth-order valence-electron chi connectivity index (χ4n) is 1.67. The van der Waals surface area contributed by atoms with Gasteiger partial charge in [0.15, 0.2) is 4.34 Å². The topological polar surface area (TPSA) is 12.9 Å². The summed E-state index contributed by atoms with van der Waals surface area (Å²) in [4.78, 5) is 4.52. The molecule has 0 unspecified atom stereocenters. The SMILES string of the molecule is Fc1ccccc1CSc1nc2ccccc2s1. The monoisotopic (exact) mass is 275 g/mol. The molecule has 90 valence electrons. The molecule has 0 bridgehead atoms. The van der Waals surface area contributed by atoms with Crippen molar-refractivity contribution in [3.63, 3.8) is 0 Å². The highest BCUT2D eigenvalue weighted by Gasteiger charge is 2.06. The summed E-state index contributed by atoms with van der Waals surface area (Å²) in [7, 11) is 0. The lowest BCUT2D eigenvalue weighted by atomic mass is 10.2. The van der Waals surface area contributed by atoms with E-state index in [1.165, 1.54) is 10.8 Å². The van der Waals surface area contributed by atoms with Gasteiger partial charge in [0.1, 0.15) is 5.82 Å². The second-order valence-corrected chi connectivity index (χ2v) is 6.08. The first kappa shape index (κ1) is 11.7. The van der Waals surface area contributed by atoms with Gasteiger partial charge in [0.2, 0.25) is 0 Å². The Kier molecular flexibility index (Phi) is 3.30. The van der Waals surface area contributed by atoms with Crippen LogP contribution in [0.2, 0.25) is 0 Å². The van der Waals surface area contributed by atoms with E-state index in [1.54, 1.807) is 29.2 Å². The Hall–Kier alpha value is -1.39. The first-order valence-electron chi connectivity index (χ1n) is 5.55. The van der Waals surface area contributed by atoms with Crippen LogP contribution in [0.5, 0.6) is 0 Å². The Morgan fingerprint density at radius 1 is 1.06 bits per heavy atom. The van der Waals surface area contributed by atoms with Crippen LogP contribution in [-0.2, 0) is 5.75 Å². The van der Waals surface area contributed by atoms with Crippen molar-refractivity contribution < 1.29 is 4.39 Å². The van der Waals surface area contributed by atoms with Crippen LogP contribution in [0.1, 0.15) is 5.56 Å². The maximum atomic E-state index is 13.5. The zero-order chi connectivity index (χ0) is 12.4. The summed E-state index contributed by atoms with van der Waals surface area (Å²) in [5.41, 5.74) is 1.74. The van der Waals surface area contributed by atoms with Gasteiger partial charge in [-0.25, -0.2) is 9.37 Å². The lowest BCUT2D eigenvalue weighted by molar-refractivity contribution is 0.617. The standard InChI is InChI=1S/C14H10FNS2/c15-11-6-2-1-5-10(11)9-17-14-16-12-7-3-4-8-13(12)18-14/h1-8H,9H2. The molecule has 0 saturated carbocycles. The summed E-state index contributed by atoms with van der Waals surface area (Å²) >= 11 is 3.23. The average Bonchev–Trinajstić information content (AvgIpc) is 2.80. The Bertz CT molecular complexity index is 645. The van der Waals surface area contributed by atoms with Crippen molar-refractivity contribution in [1.82, 2.24) is 4.98 Å². The third-order valence-corrected chi connectivity index (χ3v) is 4.81. The fourth-order valence-corrected chi connectivity index (χ4v) is 3.72. The number of hydrogen-bond acceptors (Lipinski definition) is 3. The Labute approximate surface area is 113 Å². The van der Waals surface area contributed by atoms with Crippen LogP contribution in [0.3, 0.4) is 0 Å². The summed E-state index contributed by atoms with van der Waals surface area (Å²) in [6.07, 6.45) is 0. The molecule has 0 aliphatic rings. The first-order chi connectivity index (χ1) is 8.83. The summed E-state index contributed by atoms with van der Waals surface area (Å²) in [5, 5.41) is 0. The molecule has 0 radical (unpaired) electrons. The van der Waals surface area contributed by atoms with Gasteiger partial charge in [-0.2, -0.15) is 0 Å². The summed E-state index contributed by atoms with van der Waals surface area (Å²) in [6, 6.07) is 14.9. The van der Waals surface area contributed by atoms with Gasteiger partial charge in [-0.3, -0.25) is 0 Å². The predicted molar refractivity (Wildman–Crippen MR) is 75.6 cm³/mol. The highest BCUT2D eigenvalue weighted by molar-refractivity contribution is 8.00. The lowest BCUT2D eigenvalue weighted by Crippen LogP contribution is -1.85. The predicted octanol–water partition coefficient (Wildman–Crippen LogP) is 4.73. The number of aromatic nitrogens is 1. The van der Waals surface area contributed by atoms with Gasteiger partial charge in [0.25, 0.3) is 0 Å². The largest absolute Gasteiger partial charge is 0.230 e. The number of benzene rings is 2. The molecular formula is C14H10FNS2. The van der Waals surface area contributed by atoms with Gasteiger partial charge in [-0.05, 0) is 23.8 Å². The van der Waals surface area contributed by atoms with E-state index in [0.717, 1.165) is 15.4 Å². The summed E-state index contributed by atoms with van der Waals surface area (Å²) < 4.78 is 15.6. The minimum atomic E-state index is -0.147. The molecule has 0 saturated heterocycles. The van der Waals surface area contributed by atoms with Gasteiger partial charge >= 0.3 is 0 Å². The normalized spacial score (nSPS) is 10.9. The van der Waals surface area contributed by atoms with Gasteiger partial charge < -0.3 is 0 Å². The Morgan fingerprint density at radius 3 is 2.67 bits per heavy atom. The van der Waals surface area contributed by atoms with Gasteiger partial charge in [0, 0.05) is 5.75 Å². The molecule has 4 heteroatoms. The number of fused-ring (bicyclic) bond motifs is 1. The lowest BCUT2D eigenvalue weighted by Gasteiger charge is -1.99. The van der Waals surface area contributed by atoms with Crippen LogP contribution in [0, 0.1) is 5.82 Å². The van der Waals surface area contributed by atoms with Crippen molar-refractivity contribution in [2.24, 2.45) is 0 Å². The molecule has 2 aromatic carbocycles. The highest BCUT2D eigenvalue weighted by atomic mass is 32.2. The van der Waals surface area contributed by atoms with Crippen molar-refractivity contribution in [2.45, 2.75) is 10.1 Å². The maximum Gasteiger partial charge on any atom is 0.151 e. The van der Waals surface area contributed by atoms with E-state index in [4.69, 9.17) is 0 Å². The van der Waals surface area contributed by atoms with Crippen LogP contribution in [-0.4, -0.2) is 4.98 Å². The van der Waals surface area contributed by atoms with Crippen molar-refractivity contribution in [3.8, 4) is 0 Å². The number of para-hydroxylation sites is 1. The number of thiazole rings is 1. The quantitative estimate of drug-likeness (QED) is 0.641. The van der Waals surface area contributed by atoms with Crippen LogP contribution < -0.4 is 0 Å². The minimum absolute atomic E-state index is 0.147. The minimum Gasteiger partial charge on any atom is -0.230 e. The summed E-state index contributed by atoms with van der Waals surface area (Å²) in [6.45, 7) is 0. The molecule has 0 aliphatic heterocycles. The highest BCUT2D eigenvalue weighted by Crippen LogP contribution is 2.31. The van der Waals surface area contributed by atoms with Crippen LogP contribution in [0.4, 0.5) is 4.39 Å². The van der Waals surface area contributed by atoms with Gasteiger partial charge in [0.05, 0.1) is 10.2 Å². The second-order valence-electron chi connectivity index (χ2n) is 3.83. The van der Waals surface area contributed by atoms with E-state index in [0.29, 0.717) is 5.75 Å². The molecule has 1 nitrogen and oxygen atoms in total. The number of hydrogen-bond donors (Lipinski definition) is 0. The van der Waals surface area contributed by atoms with Gasteiger partial charge in [-0.15, -0.1) is 11.3 Å². The Balaban J connectivity index is 1.79. The molecule has 0 spiro atoms. The zero-order valence-corrected chi connectivity index (χ0v) is 11.1. The van der Waals surface area contributed by atoms with Crippen molar-refractivity contribution in [1.29, 1.82) is 0 Å². The molecule has 0 N–H and O–H groups in total. The Morgan fingerprint density at radius 2 is 1.83 bits per heavy atom. The molecule has 18 heavy (non-hydrogen) atoms. The molecule has 3 rings (SSSR count). The third kappa shape index (κ3) is 2.40. The molecule has 0 atom stereocenters. The number of thioether (sulfide) groups is 1. The maximum absolute atomic E-state index is 13.5. The van der Waals surface area contributed by atoms with E-state index in [2.05, 4.69) is 11.1 Å². The average molecular weight is 275 g/mol. The van der Waals surface area contributed by atoms with Crippen LogP contribution >= 0.6 is 23.1 Å². The number of halogens is 1. The molecule has 3 aromatic rings.